The van der Waals surface area contributed by atoms with Crippen LogP contribution in [0, 0.1) is 0 Å². The fourth-order valence-corrected chi connectivity index (χ4v) is 3.61. The zero-order chi connectivity index (χ0) is 8.04. The van der Waals surface area contributed by atoms with Crippen molar-refractivity contribution in [3.05, 3.63) is 0 Å². The van der Waals surface area contributed by atoms with Gasteiger partial charge in [-0.3, -0.25) is 0 Å². The Morgan fingerprint density at radius 3 is 2.50 bits per heavy atom. The third-order valence-electron chi connectivity index (χ3n) is 1.48. The van der Waals surface area contributed by atoms with E-state index in [4.69, 9.17) is 4.52 Å². The Kier molecular flexibility index (Phi) is 5.74. The topological polar surface area (TPSA) is 29.5 Å². The van der Waals surface area contributed by atoms with Crippen molar-refractivity contribution >= 4 is 18.3 Å². The van der Waals surface area contributed by atoms with Gasteiger partial charge in [0.25, 0.3) is 0 Å². The average molecular weight is 184 g/mol. The van der Waals surface area contributed by atoms with Gasteiger partial charge in [0.2, 0.25) is 0 Å². The van der Waals surface area contributed by atoms with Crippen LogP contribution in [0.15, 0.2) is 0 Å². The summed E-state index contributed by atoms with van der Waals surface area (Å²) in [5.41, 5.74) is 0. The zero-order valence-corrected chi connectivity index (χ0v) is 8.70. The Balaban J connectivity index is 3.58. The van der Waals surface area contributed by atoms with Crippen LogP contribution in [0.2, 0.25) is 0 Å². The zero-order valence-electron chi connectivity index (χ0n) is 6.89. The van der Waals surface area contributed by atoms with Crippen LogP contribution < -0.4 is 0 Å². The maximum absolute atomic E-state index is 9.64. The first-order valence-electron chi connectivity index (χ1n) is 3.51. The summed E-state index contributed by atoms with van der Waals surface area (Å²) in [5, 5.41) is 0. The van der Waals surface area contributed by atoms with E-state index in [1.165, 1.54) is 11.4 Å². The van der Waals surface area contributed by atoms with Gasteiger partial charge < -0.3 is 0 Å². The van der Waals surface area contributed by atoms with Gasteiger partial charge in [0.15, 0.2) is 0 Å². The van der Waals surface area contributed by atoms with Gasteiger partial charge in [-0.05, 0) is 0 Å². The normalized spacial score (nSPS) is 13.6. The molecule has 0 bridgehead atoms. The van der Waals surface area contributed by atoms with Gasteiger partial charge in [0.1, 0.15) is 0 Å². The molecule has 0 heterocycles. The number of unbranched alkanes of at least 4 members (excludes halogenated alkanes) is 1. The molecular formula is C6H17O2PS. The van der Waals surface area contributed by atoms with Crippen LogP contribution in [0.1, 0.15) is 19.8 Å². The fourth-order valence-electron chi connectivity index (χ4n) is 0.688. The van der Waals surface area contributed by atoms with Crippen molar-refractivity contribution in [1.29, 1.82) is 0 Å². The molecule has 0 fully saturated rings. The first-order chi connectivity index (χ1) is 4.68. The monoisotopic (exact) mass is 184 g/mol. The summed E-state index contributed by atoms with van der Waals surface area (Å²) < 4.78 is 5.05. The maximum atomic E-state index is 9.64. The quantitative estimate of drug-likeness (QED) is 0.665. The van der Waals surface area contributed by atoms with E-state index in [9.17, 15) is 4.89 Å². The fraction of sp³-hybridized carbons (Fsp3) is 1.00. The number of rotatable bonds is 5. The molecule has 10 heavy (non-hydrogen) atoms. The molecule has 0 spiro atoms. The third kappa shape index (κ3) is 3.77. The summed E-state index contributed by atoms with van der Waals surface area (Å²) in [6, 6.07) is 0. The van der Waals surface area contributed by atoms with Crippen LogP contribution in [0.25, 0.3) is 0 Å². The predicted molar refractivity (Wildman–Crippen MR) is 50.8 cm³/mol. The minimum atomic E-state index is -2.30. The second kappa shape index (κ2) is 5.36. The van der Waals surface area contributed by atoms with E-state index in [-0.39, 0.29) is 0 Å². The average Bonchev–Trinajstić information content (AvgIpc) is 2.00. The molecule has 0 aromatic heterocycles. The predicted octanol–water partition coefficient (Wildman–Crippen LogP) is 2.28. The van der Waals surface area contributed by atoms with Crippen LogP contribution in [0.4, 0.5) is 0 Å². The summed E-state index contributed by atoms with van der Waals surface area (Å²) in [6.07, 6.45) is 4.95. The number of hydrogen-bond donors (Lipinski definition) is 1. The molecule has 0 aliphatic heterocycles. The molecule has 0 rings (SSSR count). The summed E-state index contributed by atoms with van der Waals surface area (Å²) in [4.78, 5) is 9.64. The molecule has 0 aromatic rings. The Hall–Kier alpha value is 0.700. The van der Waals surface area contributed by atoms with Crippen molar-refractivity contribution in [3.8, 4) is 0 Å². The van der Waals surface area contributed by atoms with Crippen molar-refractivity contribution in [2.45, 2.75) is 19.8 Å². The second-order valence-electron chi connectivity index (χ2n) is 2.22. The molecule has 0 radical (unpaired) electrons. The van der Waals surface area contributed by atoms with Crippen LogP contribution in [-0.4, -0.2) is 24.4 Å². The molecule has 0 amide bonds. The molecule has 1 N–H and O–H groups in total. The van der Waals surface area contributed by atoms with Crippen LogP contribution in [0.3, 0.4) is 0 Å². The van der Waals surface area contributed by atoms with Gasteiger partial charge in [-0.15, -0.1) is 0 Å². The first-order valence-corrected chi connectivity index (χ1v) is 7.52. The van der Waals surface area contributed by atoms with Gasteiger partial charge >= 0.3 is 67.0 Å². The minimum absolute atomic E-state index is 0.848. The Labute approximate surface area is 67.6 Å². The summed E-state index contributed by atoms with van der Waals surface area (Å²) in [6.45, 7) is -0.186. The summed E-state index contributed by atoms with van der Waals surface area (Å²) in [5.74, 6) is 0. The van der Waals surface area contributed by atoms with E-state index in [1.54, 1.807) is 7.11 Å². The molecule has 0 aliphatic carbocycles. The van der Waals surface area contributed by atoms with Gasteiger partial charge in [0.05, 0.1) is 0 Å². The second-order valence-corrected chi connectivity index (χ2v) is 8.10. The van der Waals surface area contributed by atoms with Crippen molar-refractivity contribution in [3.63, 3.8) is 0 Å². The van der Waals surface area contributed by atoms with E-state index >= 15 is 0 Å². The molecule has 0 aromatic carbocycles. The molecule has 0 atom stereocenters. The van der Waals surface area contributed by atoms with Crippen LogP contribution in [-0.2, 0) is 4.52 Å². The molecule has 0 aliphatic rings. The molecular weight excluding hydrogens is 167 g/mol. The van der Waals surface area contributed by atoms with E-state index < -0.39 is 6.92 Å². The van der Waals surface area contributed by atoms with Crippen LogP contribution in [0.5, 0.6) is 0 Å². The Morgan fingerprint density at radius 1 is 1.60 bits per heavy atom. The number of hydrogen-bond acceptors (Lipinski definition) is 3. The molecule has 4 heteroatoms. The molecule has 64 valence electrons. The molecule has 0 saturated heterocycles. The third-order valence-corrected chi connectivity index (χ3v) is 6.77. The van der Waals surface area contributed by atoms with Crippen molar-refractivity contribution in [2.75, 3.05) is 19.5 Å². The van der Waals surface area contributed by atoms with Gasteiger partial charge in [-0.25, -0.2) is 0 Å². The Bertz CT molecular complexity index is 85.8. The van der Waals surface area contributed by atoms with Gasteiger partial charge in [-0.2, -0.15) is 0 Å². The van der Waals surface area contributed by atoms with Crippen molar-refractivity contribution < 1.29 is 9.42 Å². The summed E-state index contributed by atoms with van der Waals surface area (Å²) in [7, 11) is 1.60. The van der Waals surface area contributed by atoms with Crippen molar-refractivity contribution in [2.24, 2.45) is 0 Å². The van der Waals surface area contributed by atoms with E-state index in [2.05, 4.69) is 6.92 Å². The van der Waals surface area contributed by atoms with Gasteiger partial charge in [-0.1, -0.05) is 0 Å². The molecule has 2 nitrogen and oxygen atoms in total. The standard InChI is InChI=1S/C6H17O2PS/c1-4-5-6-9(7,8-2)10-3/h7,9H,4-6H2,1-3H3. The molecule has 0 unspecified atom stereocenters. The van der Waals surface area contributed by atoms with Crippen LogP contribution >= 0.6 is 18.3 Å². The summed E-state index contributed by atoms with van der Waals surface area (Å²) >= 11 is 1.48. The van der Waals surface area contributed by atoms with E-state index in [0.717, 1.165) is 19.0 Å². The Morgan fingerprint density at radius 2 is 2.20 bits per heavy atom. The van der Waals surface area contributed by atoms with Gasteiger partial charge in [0, 0.05) is 0 Å². The van der Waals surface area contributed by atoms with Crippen molar-refractivity contribution in [1.82, 2.24) is 0 Å². The first kappa shape index (κ1) is 10.7. The molecule has 0 saturated carbocycles. The van der Waals surface area contributed by atoms with E-state index in [1.807, 2.05) is 6.26 Å². The van der Waals surface area contributed by atoms with E-state index in [0.29, 0.717) is 0 Å². The SMILES string of the molecule is CCCC[PH](O)(OC)SC.